The van der Waals surface area contributed by atoms with Gasteiger partial charge in [0.15, 0.2) is 0 Å². The second-order valence-corrected chi connectivity index (χ2v) is 5.97. The molecule has 1 saturated carbocycles. The van der Waals surface area contributed by atoms with E-state index in [-0.39, 0.29) is 11.3 Å². The molecular formula is C16H22N2O. The molecule has 1 amide bonds. The Morgan fingerprint density at radius 3 is 2.68 bits per heavy atom. The largest absolute Gasteiger partial charge is 0.330 e. The molecule has 1 heterocycles. The number of hydrogen-bond donors (Lipinski definition) is 2. The van der Waals surface area contributed by atoms with Gasteiger partial charge in [0.05, 0.1) is 0 Å². The first-order chi connectivity index (χ1) is 9.23. The average molecular weight is 258 g/mol. The third-order valence-corrected chi connectivity index (χ3v) is 4.82. The summed E-state index contributed by atoms with van der Waals surface area (Å²) in [6, 6.07) is 6.58. The first-order valence-electron chi connectivity index (χ1n) is 7.37. The van der Waals surface area contributed by atoms with E-state index in [1.54, 1.807) is 0 Å². The second-order valence-electron chi connectivity index (χ2n) is 5.97. The normalized spacial score (nSPS) is 21.6. The third-order valence-electron chi connectivity index (χ3n) is 4.82. The number of benzene rings is 1. The number of nitrogens with two attached hydrogens (primary N) is 1. The molecule has 3 rings (SSSR count). The Kier molecular flexibility index (Phi) is 3.31. The van der Waals surface area contributed by atoms with Crippen LogP contribution in [0.5, 0.6) is 0 Å². The van der Waals surface area contributed by atoms with E-state index in [0.29, 0.717) is 13.0 Å². The number of rotatable bonds is 2. The van der Waals surface area contributed by atoms with Gasteiger partial charge in [0.1, 0.15) is 0 Å². The molecule has 102 valence electrons. The zero-order valence-electron chi connectivity index (χ0n) is 11.4. The van der Waals surface area contributed by atoms with Crippen molar-refractivity contribution in [1.29, 1.82) is 0 Å². The topological polar surface area (TPSA) is 55.1 Å². The van der Waals surface area contributed by atoms with Gasteiger partial charge in [-0.15, -0.1) is 0 Å². The highest BCUT2D eigenvalue weighted by molar-refractivity contribution is 5.94. The summed E-state index contributed by atoms with van der Waals surface area (Å²) >= 11 is 0. The van der Waals surface area contributed by atoms with Crippen molar-refractivity contribution in [3.8, 4) is 0 Å². The Balaban J connectivity index is 1.96. The Labute approximate surface area is 114 Å². The number of fused-ring (bicyclic) bond motifs is 1. The van der Waals surface area contributed by atoms with Gasteiger partial charge in [-0.1, -0.05) is 31.4 Å². The standard InChI is InChI=1S/C16H22N2O/c17-11-16(8-2-1-3-9-16)13-6-4-12-5-7-15(19)18-14(12)10-13/h4,6,10H,1-3,5,7-9,11,17H2,(H,18,19). The van der Waals surface area contributed by atoms with Crippen molar-refractivity contribution < 1.29 is 4.79 Å². The van der Waals surface area contributed by atoms with Crippen molar-refractivity contribution in [2.24, 2.45) is 5.73 Å². The fourth-order valence-corrected chi connectivity index (χ4v) is 3.54. The minimum Gasteiger partial charge on any atom is -0.330 e. The lowest BCUT2D eigenvalue weighted by Gasteiger charge is -2.37. The molecule has 3 heteroatoms. The van der Waals surface area contributed by atoms with E-state index >= 15 is 0 Å². The molecule has 1 aromatic rings. The van der Waals surface area contributed by atoms with Crippen LogP contribution in [0.15, 0.2) is 18.2 Å². The number of carbonyl (C=O) groups excluding carboxylic acids is 1. The molecule has 3 nitrogen and oxygen atoms in total. The van der Waals surface area contributed by atoms with Gasteiger partial charge in [-0.05, 0) is 36.5 Å². The quantitative estimate of drug-likeness (QED) is 0.857. The Hall–Kier alpha value is -1.35. The van der Waals surface area contributed by atoms with Crippen LogP contribution in [0.4, 0.5) is 5.69 Å². The van der Waals surface area contributed by atoms with E-state index in [1.165, 1.54) is 43.2 Å². The Bertz CT molecular complexity index is 490. The van der Waals surface area contributed by atoms with Crippen LogP contribution >= 0.6 is 0 Å². The van der Waals surface area contributed by atoms with Gasteiger partial charge in [0, 0.05) is 24.1 Å². The van der Waals surface area contributed by atoms with E-state index in [9.17, 15) is 4.79 Å². The van der Waals surface area contributed by atoms with Gasteiger partial charge in [-0.25, -0.2) is 0 Å². The second kappa shape index (κ2) is 4.97. The van der Waals surface area contributed by atoms with Gasteiger partial charge in [0.2, 0.25) is 5.91 Å². The molecule has 1 fully saturated rings. The highest BCUT2D eigenvalue weighted by Gasteiger charge is 2.33. The molecule has 2 aliphatic rings. The number of carbonyl (C=O) groups is 1. The van der Waals surface area contributed by atoms with Crippen LogP contribution in [0, 0.1) is 0 Å². The van der Waals surface area contributed by atoms with Crippen LogP contribution in [0.25, 0.3) is 0 Å². The maximum atomic E-state index is 11.5. The van der Waals surface area contributed by atoms with E-state index in [0.717, 1.165) is 12.1 Å². The fraction of sp³-hybridized carbons (Fsp3) is 0.562. The minimum atomic E-state index is 0.134. The third kappa shape index (κ3) is 2.27. The lowest BCUT2D eigenvalue weighted by Crippen LogP contribution is -2.37. The lowest BCUT2D eigenvalue weighted by molar-refractivity contribution is -0.116. The predicted octanol–water partition coefficient (Wildman–Crippen LogP) is 2.73. The van der Waals surface area contributed by atoms with Crippen LogP contribution in [0.1, 0.15) is 49.7 Å². The van der Waals surface area contributed by atoms with Crippen LogP contribution in [0.2, 0.25) is 0 Å². The lowest BCUT2D eigenvalue weighted by atomic mass is 9.69. The molecule has 1 aliphatic carbocycles. The molecule has 0 saturated heterocycles. The summed E-state index contributed by atoms with van der Waals surface area (Å²) in [5.41, 5.74) is 9.80. The molecule has 0 atom stereocenters. The summed E-state index contributed by atoms with van der Waals surface area (Å²) in [5.74, 6) is 0.134. The molecule has 0 spiro atoms. The first-order valence-corrected chi connectivity index (χ1v) is 7.37. The summed E-state index contributed by atoms with van der Waals surface area (Å²) < 4.78 is 0. The summed E-state index contributed by atoms with van der Waals surface area (Å²) in [5, 5.41) is 3.00. The van der Waals surface area contributed by atoms with Crippen molar-refractivity contribution in [1.82, 2.24) is 0 Å². The number of anilines is 1. The fourth-order valence-electron chi connectivity index (χ4n) is 3.54. The van der Waals surface area contributed by atoms with E-state index in [2.05, 4.69) is 23.5 Å². The highest BCUT2D eigenvalue weighted by atomic mass is 16.1. The zero-order chi connectivity index (χ0) is 13.3. The number of amides is 1. The molecule has 0 radical (unpaired) electrons. The van der Waals surface area contributed by atoms with Crippen LogP contribution in [-0.2, 0) is 16.6 Å². The summed E-state index contributed by atoms with van der Waals surface area (Å²) in [7, 11) is 0. The first kappa shape index (κ1) is 12.7. The predicted molar refractivity (Wildman–Crippen MR) is 77.2 cm³/mol. The van der Waals surface area contributed by atoms with Gasteiger partial charge < -0.3 is 11.1 Å². The van der Waals surface area contributed by atoms with E-state index in [4.69, 9.17) is 5.73 Å². The molecule has 19 heavy (non-hydrogen) atoms. The smallest absolute Gasteiger partial charge is 0.224 e. The highest BCUT2D eigenvalue weighted by Crippen LogP contribution is 2.40. The molecule has 0 bridgehead atoms. The zero-order valence-corrected chi connectivity index (χ0v) is 11.4. The average Bonchev–Trinajstić information content (AvgIpc) is 2.47. The maximum absolute atomic E-state index is 11.5. The van der Waals surface area contributed by atoms with Crippen molar-refractivity contribution >= 4 is 11.6 Å². The Morgan fingerprint density at radius 2 is 1.95 bits per heavy atom. The van der Waals surface area contributed by atoms with Crippen LogP contribution < -0.4 is 11.1 Å². The van der Waals surface area contributed by atoms with Gasteiger partial charge in [0.25, 0.3) is 0 Å². The van der Waals surface area contributed by atoms with Crippen molar-refractivity contribution in [2.75, 3.05) is 11.9 Å². The van der Waals surface area contributed by atoms with E-state index in [1.807, 2.05) is 0 Å². The molecule has 1 aliphatic heterocycles. The maximum Gasteiger partial charge on any atom is 0.224 e. The van der Waals surface area contributed by atoms with Crippen LogP contribution in [-0.4, -0.2) is 12.5 Å². The van der Waals surface area contributed by atoms with Gasteiger partial charge in [-0.3, -0.25) is 4.79 Å². The summed E-state index contributed by atoms with van der Waals surface area (Å²) in [4.78, 5) is 11.5. The summed E-state index contributed by atoms with van der Waals surface area (Å²) in [6.07, 6.45) is 7.67. The molecule has 3 N–H and O–H groups in total. The molecular weight excluding hydrogens is 236 g/mol. The number of aryl methyl sites for hydroxylation is 1. The van der Waals surface area contributed by atoms with E-state index < -0.39 is 0 Å². The van der Waals surface area contributed by atoms with Gasteiger partial charge >= 0.3 is 0 Å². The van der Waals surface area contributed by atoms with Crippen LogP contribution in [0.3, 0.4) is 0 Å². The molecule has 0 aromatic heterocycles. The van der Waals surface area contributed by atoms with Crippen molar-refractivity contribution in [2.45, 2.75) is 50.4 Å². The molecule has 1 aromatic carbocycles. The number of hydrogen-bond acceptors (Lipinski definition) is 2. The minimum absolute atomic E-state index is 0.134. The number of nitrogens with one attached hydrogen (secondary N) is 1. The summed E-state index contributed by atoms with van der Waals surface area (Å²) in [6.45, 7) is 0.708. The van der Waals surface area contributed by atoms with Crippen molar-refractivity contribution in [3.05, 3.63) is 29.3 Å². The van der Waals surface area contributed by atoms with Crippen molar-refractivity contribution in [3.63, 3.8) is 0 Å². The Morgan fingerprint density at radius 1 is 1.16 bits per heavy atom. The SMILES string of the molecule is NCC1(c2ccc3c(c2)NC(=O)CC3)CCCCC1. The molecule has 0 unspecified atom stereocenters. The monoisotopic (exact) mass is 258 g/mol. The van der Waals surface area contributed by atoms with Gasteiger partial charge in [-0.2, -0.15) is 0 Å².